The summed E-state index contributed by atoms with van der Waals surface area (Å²) in [6, 6.07) is 15.9. The smallest absolute Gasteiger partial charge is 0.416 e. The second-order valence-electron chi connectivity index (χ2n) is 10.3. The van der Waals surface area contributed by atoms with Gasteiger partial charge in [-0.25, -0.2) is 4.79 Å². The lowest BCUT2D eigenvalue weighted by Crippen LogP contribution is -2.46. The summed E-state index contributed by atoms with van der Waals surface area (Å²) in [5.74, 6) is -0.251. The number of halogens is 3. The molecule has 2 saturated heterocycles. The number of likely N-dealkylation sites (tertiary alicyclic amines) is 1. The van der Waals surface area contributed by atoms with Crippen molar-refractivity contribution in [3.8, 4) is 0 Å². The number of amides is 2. The Kier molecular flexibility index (Phi) is 7.66. The zero-order valence-corrected chi connectivity index (χ0v) is 21.8. The van der Waals surface area contributed by atoms with Gasteiger partial charge < -0.3 is 15.8 Å². The number of nitrogens with two attached hydrogens (primary N) is 1. The van der Waals surface area contributed by atoms with E-state index in [1.807, 2.05) is 12.1 Å². The van der Waals surface area contributed by atoms with Crippen molar-refractivity contribution in [3.63, 3.8) is 0 Å². The maximum atomic E-state index is 12.8. The Morgan fingerprint density at radius 2 is 1.65 bits per heavy atom. The molecule has 40 heavy (non-hydrogen) atoms. The van der Waals surface area contributed by atoms with E-state index < -0.39 is 23.4 Å². The number of nitrogens with one attached hydrogen (secondary N) is 1. The number of carbonyl (C=O) groups is 2. The molecular formula is C29H30F3N5O3. The summed E-state index contributed by atoms with van der Waals surface area (Å²) in [7, 11) is 0. The fourth-order valence-electron chi connectivity index (χ4n) is 5.02. The number of nitrogen functional groups attached to an aromatic ring is 1. The number of hydrogen-bond acceptors (Lipinski definition) is 6. The zero-order chi connectivity index (χ0) is 28.3. The minimum Gasteiger partial charge on any atom is -0.441 e. The molecule has 0 atom stereocenters. The largest absolute Gasteiger partial charge is 0.441 e. The first-order chi connectivity index (χ1) is 19.1. The number of carbonyl (C=O) groups excluding carboxylic acids is 2. The molecule has 0 bridgehead atoms. The lowest BCUT2D eigenvalue weighted by molar-refractivity contribution is -0.137. The van der Waals surface area contributed by atoms with Crippen LogP contribution in [-0.4, -0.2) is 52.0 Å². The third-order valence-electron chi connectivity index (χ3n) is 7.37. The van der Waals surface area contributed by atoms with Gasteiger partial charge in [-0.1, -0.05) is 24.3 Å². The molecule has 2 amide bonds. The van der Waals surface area contributed by atoms with E-state index in [2.05, 4.69) is 15.2 Å². The Labute approximate surface area is 229 Å². The van der Waals surface area contributed by atoms with Crippen molar-refractivity contribution in [1.82, 2.24) is 20.1 Å². The van der Waals surface area contributed by atoms with Crippen LogP contribution >= 0.6 is 0 Å². The lowest BCUT2D eigenvalue weighted by Gasteiger charge is -2.37. The number of piperidine rings is 1. The highest BCUT2D eigenvalue weighted by atomic mass is 19.4. The van der Waals surface area contributed by atoms with Crippen molar-refractivity contribution < 1.29 is 27.5 Å². The van der Waals surface area contributed by atoms with Gasteiger partial charge in [-0.05, 0) is 47.5 Å². The van der Waals surface area contributed by atoms with Crippen molar-refractivity contribution in [2.45, 2.75) is 44.3 Å². The van der Waals surface area contributed by atoms with Gasteiger partial charge in [-0.2, -0.15) is 13.2 Å². The average Bonchev–Trinajstić information content (AvgIpc) is 3.23. The summed E-state index contributed by atoms with van der Waals surface area (Å²) < 4.78 is 44.2. The van der Waals surface area contributed by atoms with E-state index in [4.69, 9.17) is 10.5 Å². The molecule has 11 heteroatoms. The molecular weight excluding hydrogens is 523 g/mol. The summed E-state index contributed by atoms with van der Waals surface area (Å²) in [5, 5.41) is 2.85. The van der Waals surface area contributed by atoms with Crippen molar-refractivity contribution in [2.24, 2.45) is 0 Å². The molecule has 2 aliphatic rings. The number of benzene rings is 2. The van der Waals surface area contributed by atoms with Crippen LogP contribution in [0.2, 0.25) is 0 Å². The van der Waals surface area contributed by atoms with Crippen molar-refractivity contribution in [3.05, 3.63) is 94.8 Å². The van der Waals surface area contributed by atoms with E-state index in [1.165, 1.54) is 18.3 Å². The van der Waals surface area contributed by atoms with Gasteiger partial charge in [-0.15, -0.1) is 0 Å². The number of pyridine rings is 1. The van der Waals surface area contributed by atoms with E-state index >= 15 is 0 Å². The average molecular weight is 554 g/mol. The second kappa shape index (κ2) is 11.2. The maximum Gasteiger partial charge on any atom is 0.416 e. The maximum absolute atomic E-state index is 12.8. The molecule has 8 nitrogen and oxygen atoms in total. The lowest BCUT2D eigenvalue weighted by atomic mass is 9.91. The Hall–Kier alpha value is -4.12. The van der Waals surface area contributed by atoms with Gasteiger partial charge in [0.15, 0.2) is 0 Å². The van der Waals surface area contributed by atoms with Crippen molar-refractivity contribution in [2.75, 3.05) is 25.4 Å². The van der Waals surface area contributed by atoms with Crippen LogP contribution < -0.4 is 11.1 Å². The molecule has 3 aromatic rings. The number of alkyl halides is 3. The first kappa shape index (κ1) is 27.4. The molecule has 3 heterocycles. The highest BCUT2D eigenvalue weighted by Crippen LogP contribution is 2.35. The highest BCUT2D eigenvalue weighted by molar-refractivity contribution is 5.93. The van der Waals surface area contributed by atoms with E-state index in [-0.39, 0.29) is 12.5 Å². The Morgan fingerprint density at radius 1 is 0.975 bits per heavy atom. The molecule has 210 valence electrons. The van der Waals surface area contributed by atoms with Crippen LogP contribution in [0.3, 0.4) is 0 Å². The number of anilines is 1. The SMILES string of the molecule is Nc1ccc(CNC(=O)c2ccc(CN3CC4(CCN(Cc5ccc(C(F)(F)F)cc5)CC4)OC3=O)nc2)cc1. The van der Waals surface area contributed by atoms with Crippen molar-refractivity contribution in [1.29, 1.82) is 0 Å². The number of ether oxygens (including phenoxy) is 1. The summed E-state index contributed by atoms with van der Waals surface area (Å²) in [6.45, 7) is 2.94. The molecule has 0 aliphatic carbocycles. The van der Waals surface area contributed by atoms with Gasteiger partial charge in [-0.3, -0.25) is 19.6 Å². The summed E-state index contributed by atoms with van der Waals surface area (Å²) >= 11 is 0. The molecule has 1 spiro atoms. The Bertz CT molecular complexity index is 1340. The fraction of sp³-hybridized carbons (Fsp3) is 0.345. The van der Waals surface area contributed by atoms with Gasteiger partial charge in [0.25, 0.3) is 5.91 Å². The van der Waals surface area contributed by atoms with Gasteiger partial charge in [0.05, 0.1) is 29.9 Å². The van der Waals surface area contributed by atoms with Crippen LogP contribution in [0, 0.1) is 0 Å². The monoisotopic (exact) mass is 553 g/mol. The third kappa shape index (κ3) is 6.53. The van der Waals surface area contributed by atoms with Gasteiger partial charge in [0.2, 0.25) is 0 Å². The van der Waals surface area contributed by atoms with Crippen molar-refractivity contribution >= 4 is 17.7 Å². The predicted octanol–water partition coefficient (Wildman–Crippen LogP) is 4.60. The van der Waals surface area contributed by atoms with E-state index in [0.717, 1.165) is 23.3 Å². The third-order valence-corrected chi connectivity index (χ3v) is 7.37. The van der Waals surface area contributed by atoms with Gasteiger partial charge in [0.1, 0.15) is 5.60 Å². The molecule has 3 N–H and O–H groups in total. The summed E-state index contributed by atoms with van der Waals surface area (Å²) in [4.78, 5) is 33.3. The molecule has 0 unspecified atom stereocenters. The van der Waals surface area contributed by atoms with Gasteiger partial charge in [0, 0.05) is 50.9 Å². The summed E-state index contributed by atoms with van der Waals surface area (Å²) in [6.07, 6.45) is -1.99. The minimum atomic E-state index is -4.35. The first-order valence-corrected chi connectivity index (χ1v) is 13.0. The number of hydrogen-bond donors (Lipinski definition) is 2. The molecule has 2 aliphatic heterocycles. The van der Waals surface area contributed by atoms with Crippen LogP contribution in [0.4, 0.5) is 23.7 Å². The molecule has 2 fully saturated rings. The van der Waals surface area contributed by atoms with Crippen LogP contribution in [0.15, 0.2) is 66.9 Å². The second-order valence-corrected chi connectivity index (χ2v) is 10.3. The Balaban J connectivity index is 1.10. The van der Waals surface area contributed by atoms with E-state index in [1.54, 1.807) is 29.2 Å². The number of nitrogens with zero attached hydrogens (tertiary/aromatic N) is 3. The molecule has 5 rings (SSSR count). The Morgan fingerprint density at radius 3 is 2.27 bits per heavy atom. The number of rotatable bonds is 7. The highest BCUT2D eigenvalue weighted by Gasteiger charge is 2.47. The molecule has 1 aromatic heterocycles. The predicted molar refractivity (Wildman–Crippen MR) is 142 cm³/mol. The minimum absolute atomic E-state index is 0.251. The van der Waals surface area contributed by atoms with Crippen LogP contribution in [0.1, 0.15) is 45.6 Å². The number of aromatic nitrogens is 1. The standard InChI is InChI=1S/C29H30F3N5O3/c30-29(31,32)23-6-1-21(2-7-23)17-36-13-11-28(12-14-36)19-37(27(39)40-28)18-25-10-5-22(16-34-25)26(38)35-15-20-3-8-24(33)9-4-20/h1-10,16H,11-15,17-19,33H2,(H,35,38). The molecule has 2 aromatic carbocycles. The van der Waals surface area contributed by atoms with Crippen LogP contribution in [0.5, 0.6) is 0 Å². The molecule has 0 radical (unpaired) electrons. The van der Waals surface area contributed by atoms with Gasteiger partial charge >= 0.3 is 12.3 Å². The first-order valence-electron chi connectivity index (χ1n) is 13.0. The van der Waals surface area contributed by atoms with E-state index in [0.29, 0.717) is 62.5 Å². The van der Waals surface area contributed by atoms with Crippen LogP contribution in [-0.2, 0) is 30.5 Å². The van der Waals surface area contributed by atoms with E-state index in [9.17, 15) is 22.8 Å². The molecule has 0 saturated carbocycles. The zero-order valence-electron chi connectivity index (χ0n) is 21.8. The van der Waals surface area contributed by atoms with Crippen LogP contribution in [0.25, 0.3) is 0 Å². The fourth-order valence-corrected chi connectivity index (χ4v) is 5.02. The normalized spacial score (nSPS) is 17.2. The quantitative estimate of drug-likeness (QED) is 0.415. The topological polar surface area (TPSA) is 101 Å². The summed E-state index contributed by atoms with van der Waals surface area (Å²) in [5.41, 5.74) is 7.89.